The molecule has 0 saturated heterocycles. The van der Waals surface area contributed by atoms with Crippen LogP contribution in [0.4, 0.5) is 4.79 Å². The normalized spacial score (nSPS) is 15.4. The highest BCUT2D eigenvalue weighted by Gasteiger charge is 2.34. The van der Waals surface area contributed by atoms with Crippen molar-refractivity contribution in [3.05, 3.63) is 0 Å². The minimum absolute atomic E-state index is 0.172. The van der Waals surface area contributed by atoms with Crippen LogP contribution in [0, 0.1) is 11.8 Å². The molecule has 6 nitrogen and oxygen atoms in total. The number of hydrogen-bond donors (Lipinski definition) is 1. The molecule has 1 saturated carbocycles. The van der Waals surface area contributed by atoms with Gasteiger partial charge in [-0.25, -0.2) is 4.79 Å². The first kappa shape index (κ1) is 19.3. The zero-order chi connectivity index (χ0) is 16.4. The third-order valence-electron chi connectivity index (χ3n) is 2.85. The standard InChI is InChI=1S/C10H14O3.C5H10O3/c1-2-4-7(11)10-8(12)5-3-6-9(10)13;1-4(2)3-8-5(6)7/h10H,2-6H2,1H3;4H,3H2,1-2H3,(H,6,7). The first-order valence-electron chi connectivity index (χ1n) is 7.23. The average molecular weight is 300 g/mol. The Morgan fingerprint density at radius 3 is 2.10 bits per heavy atom. The maximum Gasteiger partial charge on any atom is 0.505 e. The van der Waals surface area contributed by atoms with Crippen LogP contribution in [0.25, 0.3) is 0 Å². The van der Waals surface area contributed by atoms with E-state index in [0.717, 1.165) is 0 Å². The molecule has 21 heavy (non-hydrogen) atoms. The van der Waals surface area contributed by atoms with Crippen molar-refractivity contribution in [2.45, 2.75) is 52.9 Å². The highest BCUT2D eigenvalue weighted by Crippen LogP contribution is 2.19. The van der Waals surface area contributed by atoms with E-state index in [-0.39, 0.29) is 29.9 Å². The number of ketones is 3. The Bertz CT molecular complexity index is 370. The molecule has 1 aliphatic rings. The van der Waals surface area contributed by atoms with Gasteiger partial charge in [0.25, 0.3) is 0 Å². The van der Waals surface area contributed by atoms with Crippen molar-refractivity contribution in [1.29, 1.82) is 0 Å². The number of carbonyl (C=O) groups is 4. The molecule has 0 aromatic carbocycles. The molecule has 0 atom stereocenters. The van der Waals surface area contributed by atoms with Crippen molar-refractivity contribution >= 4 is 23.5 Å². The molecule has 0 heterocycles. The molecule has 1 N–H and O–H groups in total. The second kappa shape index (κ2) is 10.1. The molecule has 0 bridgehead atoms. The van der Waals surface area contributed by atoms with Gasteiger partial charge in [-0.3, -0.25) is 14.4 Å². The number of rotatable bonds is 5. The molecular formula is C15H24O6. The highest BCUT2D eigenvalue weighted by molar-refractivity contribution is 6.20. The number of hydrogen-bond acceptors (Lipinski definition) is 5. The van der Waals surface area contributed by atoms with Gasteiger partial charge in [0.2, 0.25) is 0 Å². The molecule has 0 spiro atoms. The Kier molecular flexibility index (Phi) is 9.25. The van der Waals surface area contributed by atoms with Crippen LogP contribution in [0.1, 0.15) is 52.9 Å². The van der Waals surface area contributed by atoms with Gasteiger partial charge in [0, 0.05) is 19.3 Å². The summed E-state index contributed by atoms with van der Waals surface area (Å²) in [5.74, 6) is -1.15. The smallest absolute Gasteiger partial charge is 0.450 e. The molecular weight excluding hydrogens is 276 g/mol. The Morgan fingerprint density at radius 2 is 1.76 bits per heavy atom. The van der Waals surface area contributed by atoms with Crippen LogP contribution < -0.4 is 0 Å². The van der Waals surface area contributed by atoms with Gasteiger partial charge < -0.3 is 9.84 Å². The van der Waals surface area contributed by atoms with Gasteiger partial charge in [-0.05, 0) is 18.8 Å². The van der Waals surface area contributed by atoms with E-state index in [9.17, 15) is 19.2 Å². The number of carboxylic acid groups (broad SMARTS) is 1. The highest BCUT2D eigenvalue weighted by atomic mass is 16.7. The lowest BCUT2D eigenvalue weighted by atomic mass is 9.82. The Hall–Kier alpha value is -1.72. The predicted octanol–water partition coefficient (Wildman–Crippen LogP) is 2.63. The maximum atomic E-state index is 11.4. The van der Waals surface area contributed by atoms with Gasteiger partial charge >= 0.3 is 6.16 Å². The van der Waals surface area contributed by atoms with Crippen molar-refractivity contribution in [2.24, 2.45) is 11.8 Å². The van der Waals surface area contributed by atoms with Crippen molar-refractivity contribution in [3.63, 3.8) is 0 Å². The molecule has 1 fully saturated rings. The zero-order valence-corrected chi connectivity index (χ0v) is 12.9. The molecule has 0 unspecified atom stereocenters. The van der Waals surface area contributed by atoms with E-state index >= 15 is 0 Å². The summed E-state index contributed by atoms with van der Waals surface area (Å²) in [5, 5.41) is 7.94. The fraction of sp³-hybridized carbons (Fsp3) is 0.733. The summed E-state index contributed by atoms with van der Waals surface area (Å²) in [5.41, 5.74) is 0. The number of carbonyl (C=O) groups excluding carboxylic acids is 3. The predicted molar refractivity (Wildman–Crippen MR) is 76.1 cm³/mol. The topological polar surface area (TPSA) is 97.7 Å². The molecule has 0 radical (unpaired) electrons. The minimum Gasteiger partial charge on any atom is -0.450 e. The van der Waals surface area contributed by atoms with Crippen LogP contribution in [0.2, 0.25) is 0 Å². The van der Waals surface area contributed by atoms with E-state index in [1.807, 2.05) is 20.8 Å². The van der Waals surface area contributed by atoms with Crippen molar-refractivity contribution in [1.82, 2.24) is 0 Å². The van der Waals surface area contributed by atoms with Gasteiger partial charge in [0.05, 0.1) is 6.61 Å². The van der Waals surface area contributed by atoms with Crippen molar-refractivity contribution in [3.8, 4) is 0 Å². The Labute approximate surface area is 124 Å². The van der Waals surface area contributed by atoms with E-state index in [1.54, 1.807) is 0 Å². The van der Waals surface area contributed by atoms with E-state index in [0.29, 0.717) is 32.1 Å². The third-order valence-corrected chi connectivity index (χ3v) is 2.85. The van der Waals surface area contributed by atoms with Crippen LogP contribution in [-0.2, 0) is 19.1 Å². The van der Waals surface area contributed by atoms with Crippen LogP contribution in [0.5, 0.6) is 0 Å². The minimum atomic E-state index is -1.20. The molecule has 1 aliphatic carbocycles. The summed E-state index contributed by atoms with van der Waals surface area (Å²) >= 11 is 0. The Balaban J connectivity index is 0.000000433. The SMILES string of the molecule is CC(C)COC(=O)O.CCCC(=O)C1C(=O)CCCC1=O. The quantitative estimate of drug-likeness (QED) is 0.619. The first-order valence-corrected chi connectivity index (χ1v) is 7.23. The molecule has 120 valence electrons. The summed E-state index contributed by atoms with van der Waals surface area (Å²) in [7, 11) is 0. The zero-order valence-electron chi connectivity index (χ0n) is 12.9. The van der Waals surface area contributed by atoms with Gasteiger partial charge in [0.1, 0.15) is 5.92 Å². The summed E-state index contributed by atoms with van der Waals surface area (Å²) in [6, 6.07) is 0. The van der Waals surface area contributed by atoms with Crippen LogP contribution in [0.3, 0.4) is 0 Å². The summed E-state index contributed by atoms with van der Waals surface area (Å²) in [6.45, 7) is 5.94. The van der Waals surface area contributed by atoms with E-state index < -0.39 is 12.1 Å². The van der Waals surface area contributed by atoms with Gasteiger partial charge in [-0.2, -0.15) is 0 Å². The molecule has 0 amide bonds. The van der Waals surface area contributed by atoms with Crippen LogP contribution in [-0.4, -0.2) is 35.2 Å². The summed E-state index contributed by atoms with van der Waals surface area (Å²) < 4.78 is 4.22. The second-order valence-electron chi connectivity index (χ2n) is 5.41. The molecule has 6 heteroatoms. The Morgan fingerprint density at radius 1 is 1.24 bits per heavy atom. The van der Waals surface area contributed by atoms with Crippen LogP contribution >= 0.6 is 0 Å². The lowest BCUT2D eigenvalue weighted by molar-refractivity contribution is -0.142. The van der Waals surface area contributed by atoms with Crippen molar-refractivity contribution < 1.29 is 29.0 Å². The van der Waals surface area contributed by atoms with Gasteiger partial charge in [-0.15, -0.1) is 0 Å². The summed E-state index contributed by atoms with van der Waals surface area (Å²) in [6.07, 6.45) is 1.27. The molecule has 0 aromatic heterocycles. The maximum absolute atomic E-state index is 11.4. The summed E-state index contributed by atoms with van der Waals surface area (Å²) in [4.78, 5) is 43.6. The first-order chi connectivity index (χ1) is 9.79. The monoisotopic (exact) mass is 300 g/mol. The average Bonchev–Trinajstić information content (AvgIpc) is 2.37. The molecule has 0 aromatic rings. The van der Waals surface area contributed by atoms with E-state index in [2.05, 4.69) is 4.74 Å². The fourth-order valence-corrected chi connectivity index (χ4v) is 1.89. The van der Waals surface area contributed by atoms with Gasteiger partial charge in [-0.1, -0.05) is 20.8 Å². The fourth-order valence-electron chi connectivity index (χ4n) is 1.89. The van der Waals surface area contributed by atoms with E-state index in [1.165, 1.54) is 0 Å². The molecule has 1 rings (SSSR count). The second-order valence-corrected chi connectivity index (χ2v) is 5.41. The van der Waals surface area contributed by atoms with Crippen LogP contribution in [0.15, 0.2) is 0 Å². The number of Topliss-reactive ketones (excluding diaryl/α,β-unsaturated/α-hetero) is 3. The lowest BCUT2D eigenvalue weighted by Crippen LogP contribution is -2.35. The lowest BCUT2D eigenvalue weighted by Gasteiger charge is -2.17. The number of ether oxygens (including phenoxy) is 1. The van der Waals surface area contributed by atoms with Crippen molar-refractivity contribution in [2.75, 3.05) is 6.61 Å². The molecule has 0 aliphatic heterocycles. The van der Waals surface area contributed by atoms with E-state index in [4.69, 9.17) is 5.11 Å². The van der Waals surface area contributed by atoms with Gasteiger partial charge in [0.15, 0.2) is 17.3 Å². The largest absolute Gasteiger partial charge is 0.505 e. The third kappa shape index (κ3) is 8.22.